The highest BCUT2D eigenvalue weighted by Gasteiger charge is 2.22. The summed E-state index contributed by atoms with van der Waals surface area (Å²) in [6.45, 7) is 0.666. The van der Waals surface area contributed by atoms with Gasteiger partial charge < -0.3 is 5.32 Å². The number of thiophene rings is 1. The Morgan fingerprint density at radius 2 is 2.25 bits per heavy atom. The van der Waals surface area contributed by atoms with E-state index in [4.69, 9.17) is 5.14 Å². The molecule has 1 saturated carbocycles. The third-order valence-electron chi connectivity index (χ3n) is 2.37. The topological polar surface area (TPSA) is 89.3 Å². The third-order valence-corrected chi connectivity index (χ3v) is 4.75. The maximum absolute atomic E-state index is 11.6. The lowest BCUT2D eigenvalue weighted by Crippen LogP contribution is -2.25. The van der Waals surface area contributed by atoms with Crippen LogP contribution in [0.1, 0.15) is 23.2 Å². The molecule has 1 aliphatic carbocycles. The van der Waals surface area contributed by atoms with Crippen LogP contribution in [0.4, 0.5) is 0 Å². The minimum atomic E-state index is -3.70. The Labute approximate surface area is 97.7 Å². The molecule has 3 N–H and O–H groups in total. The highest BCUT2D eigenvalue weighted by atomic mass is 32.2. The minimum Gasteiger partial charge on any atom is -0.352 e. The monoisotopic (exact) mass is 260 g/mol. The van der Waals surface area contributed by atoms with Crippen LogP contribution in [0.15, 0.2) is 15.7 Å². The summed E-state index contributed by atoms with van der Waals surface area (Å²) >= 11 is 0.961. The van der Waals surface area contributed by atoms with Gasteiger partial charge in [0.25, 0.3) is 5.91 Å². The quantitative estimate of drug-likeness (QED) is 0.827. The summed E-state index contributed by atoms with van der Waals surface area (Å²) < 4.78 is 22.0. The molecular formula is C9H12N2O3S2. The molecule has 1 amide bonds. The van der Waals surface area contributed by atoms with E-state index in [0.717, 1.165) is 24.2 Å². The zero-order valence-corrected chi connectivity index (χ0v) is 10.1. The molecule has 0 spiro atoms. The molecule has 1 aliphatic rings. The molecule has 0 bridgehead atoms. The molecule has 0 atom stereocenters. The maximum Gasteiger partial charge on any atom is 0.252 e. The maximum atomic E-state index is 11.6. The standard InChI is InChI=1S/C9H12N2O3S2/c10-16(13,14)8-3-7(5-15-8)9(12)11-4-6-1-2-6/h3,5-6H,1-2,4H2,(H,11,12)(H2,10,13,14). The minimum absolute atomic E-state index is 0.0177. The molecule has 16 heavy (non-hydrogen) atoms. The average molecular weight is 260 g/mol. The second kappa shape index (κ2) is 4.15. The second-order valence-corrected chi connectivity index (χ2v) is 6.55. The normalized spacial score (nSPS) is 16.1. The van der Waals surface area contributed by atoms with Crippen molar-refractivity contribution in [2.24, 2.45) is 11.1 Å². The highest BCUT2D eigenvalue weighted by molar-refractivity contribution is 7.91. The van der Waals surface area contributed by atoms with Crippen molar-refractivity contribution >= 4 is 27.3 Å². The van der Waals surface area contributed by atoms with Crippen molar-refractivity contribution in [3.8, 4) is 0 Å². The summed E-state index contributed by atoms with van der Waals surface area (Å²) in [5, 5.41) is 9.21. The van der Waals surface area contributed by atoms with Crippen molar-refractivity contribution in [3.05, 3.63) is 17.0 Å². The summed E-state index contributed by atoms with van der Waals surface area (Å²) in [6.07, 6.45) is 2.32. The second-order valence-electron chi connectivity index (χ2n) is 3.85. The van der Waals surface area contributed by atoms with Crippen LogP contribution in [0.2, 0.25) is 0 Å². The Balaban J connectivity index is 2.02. The SMILES string of the molecule is NS(=O)(=O)c1cc(C(=O)NCC2CC2)cs1. The van der Waals surface area contributed by atoms with Gasteiger partial charge in [0.15, 0.2) is 0 Å². The van der Waals surface area contributed by atoms with E-state index in [0.29, 0.717) is 18.0 Å². The van der Waals surface area contributed by atoms with Crippen LogP contribution in [-0.2, 0) is 10.0 Å². The smallest absolute Gasteiger partial charge is 0.252 e. The first-order chi connectivity index (χ1) is 7.47. The van der Waals surface area contributed by atoms with Gasteiger partial charge in [0, 0.05) is 11.9 Å². The summed E-state index contributed by atoms with van der Waals surface area (Å²) in [5.74, 6) is 0.360. The van der Waals surface area contributed by atoms with Gasteiger partial charge in [-0.1, -0.05) is 0 Å². The summed E-state index contributed by atoms with van der Waals surface area (Å²) in [4.78, 5) is 11.6. The average Bonchev–Trinajstić information content (AvgIpc) is 2.86. The number of nitrogens with one attached hydrogen (secondary N) is 1. The Morgan fingerprint density at radius 1 is 1.56 bits per heavy atom. The van der Waals surface area contributed by atoms with Crippen molar-refractivity contribution < 1.29 is 13.2 Å². The lowest BCUT2D eigenvalue weighted by atomic mass is 10.3. The van der Waals surface area contributed by atoms with E-state index in [-0.39, 0.29) is 10.1 Å². The number of hydrogen-bond donors (Lipinski definition) is 2. The Kier molecular flexibility index (Phi) is 3.00. The molecule has 1 heterocycles. The number of amides is 1. The molecule has 0 aromatic carbocycles. The molecule has 0 radical (unpaired) electrons. The van der Waals surface area contributed by atoms with Crippen LogP contribution < -0.4 is 10.5 Å². The number of nitrogens with two attached hydrogens (primary N) is 1. The molecule has 5 nitrogen and oxygen atoms in total. The summed E-state index contributed by atoms with van der Waals surface area (Å²) in [6, 6.07) is 1.31. The molecule has 0 saturated heterocycles. The van der Waals surface area contributed by atoms with Crippen LogP contribution in [0, 0.1) is 5.92 Å². The zero-order valence-electron chi connectivity index (χ0n) is 8.47. The van der Waals surface area contributed by atoms with E-state index < -0.39 is 10.0 Å². The number of primary sulfonamides is 1. The lowest BCUT2D eigenvalue weighted by Gasteiger charge is -2.00. The molecule has 1 fully saturated rings. The number of carbonyl (C=O) groups is 1. The van der Waals surface area contributed by atoms with Gasteiger partial charge in [-0.15, -0.1) is 11.3 Å². The van der Waals surface area contributed by atoms with Gasteiger partial charge in [0.2, 0.25) is 10.0 Å². The van der Waals surface area contributed by atoms with Crippen molar-refractivity contribution in [2.75, 3.05) is 6.54 Å². The molecule has 88 valence electrons. The number of carbonyl (C=O) groups excluding carboxylic acids is 1. The number of hydrogen-bond acceptors (Lipinski definition) is 4. The predicted molar refractivity (Wildman–Crippen MR) is 60.7 cm³/mol. The van der Waals surface area contributed by atoms with Crippen LogP contribution >= 0.6 is 11.3 Å². The fourth-order valence-corrected chi connectivity index (χ4v) is 2.83. The molecule has 0 unspecified atom stereocenters. The molecule has 0 aliphatic heterocycles. The van der Waals surface area contributed by atoms with Crippen molar-refractivity contribution in [1.82, 2.24) is 5.32 Å². The van der Waals surface area contributed by atoms with E-state index >= 15 is 0 Å². The van der Waals surface area contributed by atoms with E-state index in [2.05, 4.69) is 5.32 Å². The van der Waals surface area contributed by atoms with Gasteiger partial charge >= 0.3 is 0 Å². The fraction of sp³-hybridized carbons (Fsp3) is 0.444. The first-order valence-corrected chi connectivity index (χ1v) is 7.29. The van der Waals surface area contributed by atoms with Crippen LogP contribution in [-0.4, -0.2) is 20.9 Å². The van der Waals surface area contributed by atoms with E-state index in [1.165, 1.54) is 11.4 Å². The molecular weight excluding hydrogens is 248 g/mol. The number of rotatable bonds is 4. The van der Waals surface area contributed by atoms with Gasteiger partial charge in [-0.05, 0) is 24.8 Å². The van der Waals surface area contributed by atoms with Crippen LogP contribution in [0.3, 0.4) is 0 Å². The van der Waals surface area contributed by atoms with Gasteiger partial charge in [0.1, 0.15) is 4.21 Å². The Bertz CT molecular complexity index is 503. The fourth-order valence-electron chi connectivity index (χ4n) is 1.25. The van der Waals surface area contributed by atoms with Gasteiger partial charge in [-0.25, -0.2) is 13.6 Å². The number of sulfonamides is 1. The van der Waals surface area contributed by atoms with E-state index in [1.807, 2.05) is 0 Å². The Hall–Kier alpha value is -0.920. The molecule has 7 heteroatoms. The first kappa shape index (κ1) is 11.6. The summed E-state index contributed by atoms with van der Waals surface area (Å²) in [7, 11) is -3.70. The van der Waals surface area contributed by atoms with Crippen LogP contribution in [0.25, 0.3) is 0 Å². The van der Waals surface area contributed by atoms with Crippen molar-refractivity contribution in [1.29, 1.82) is 0 Å². The van der Waals surface area contributed by atoms with Crippen molar-refractivity contribution in [2.45, 2.75) is 17.1 Å². The first-order valence-electron chi connectivity index (χ1n) is 4.86. The summed E-state index contributed by atoms with van der Waals surface area (Å²) in [5.41, 5.74) is 0.356. The van der Waals surface area contributed by atoms with Gasteiger partial charge in [-0.3, -0.25) is 4.79 Å². The van der Waals surface area contributed by atoms with Gasteiger partial charge in [0.05, 0.1) is 5.56 Å². The van der Waals surface area contributed by atoms with Gasteiger partial charge in [-0.2, -0.15) is 0 Å². The molecule has 2 rings (SSSR count). The Morgan fingerprint density at radius 3 is 2.75 bits per heavy atom. The van der Waals surface area contributed by atoms with E-state index in [9.17, 15) is 13.2 Å². The van der Waals surface area contributed by atoms with E-state index in [1.54, 1.807) is 0 Å². The predicted octanol–water partition coefficient (Wildman–Crippen LogP) is 0.535. The zero-order chi connectivity index (χ0) is 11.8. The van der Waals surface area contributed by atoms with Crippen LogP contribution in [0.5, 0.6) is 0 Å². The molecule has 1 aromatic rings. The largest absolute Gasteiger partial charge is 0.352 e. The third kappa shape index (κ3) is 2.81. The highest BCUT2D eigenvalue weighted by Crippen LogP contribution is 2.27. The molecule has 1 aromatic heterocycles. The lowest BCUT2D eigenvalue weighted by molar-refractivity contribution is 0.0952. The van der Waals surface area contributed by atoms with Crippen molar-refractivity contribution in [3.63, 3.8) is 0 Å².